The Balaban J connectivity index is 1.72. The predicted molar refractivity (Wildman–Crippen MR) is 78.9 cm³/mol. The second-order valence-electron chi connectivity index (χ2n) is 7.00. The zero-order chi connectivity index (χ0) is 13.0. The molecule has 0 aromatic heterocycles. The van der Waals surface area contributed by atoms with Gasteiger partial charge in [-0.05, 0) is 45.6 Å². The summed E-state index contributed by atoms with van der Waals surface area (Å²) in [5.74, 6) is 0.990. The van der Waals surface area contributed by atoms with Gasteiger partial charge in [0.15, 0.2) is 0 Å². The third-order valence-electron chi connectivity index (χ3n) is 4.79. The number of nitrogens with zero attached hydrogens (tertiary/aromatic N) is 1. The van der Waals surface area contributed by atoms with E-state index in [4.69, 9.17) is 0 Å². The SMILES string of the molecule is CCCCCCCN1CC(C2CC2)NCC1(C)C. The van der Waals surface area contributed by atoms with Crippen LogP contribution in [-0.2, 0) is 0 Å². The van der Waals surface area contributed by atoms with E-state index in [0.29, 0.717) is 5.54 Å². The summed E-state index contributed by atoms with van der Waals surface area (Å²) in [6.45, 7) is 10.8. The Morgan fingerprint density at radius 2 is 1.83 bits per heavy atom. The molecule has 2 rings (SSSR count). The smallest absolute Gasteiger partial charge is 0.0278 e. The van der Waals surface area contributed by atoms with Crippen LogP contribution in [0.4, 0.5) is 0 Å². The van der Waals surface area contributed by atoms with Crippen molar-refractivity contribution < 1.29 is 0 Å². The van der Waals surface area contributed by atoms with Crippen LogP contribution in [0.5, 0.6) is 0 Å². The molecule has 1 aliphatic carbocycles. The molecular formula is C16H32N2. The molecule has 0 bridgehead atoms. The fourth-order valence-corrected chi connectivity index (χ4v) is 3.16. The quantitative estimate of drug-likeness (QED) is 0.698. The van der Waals surface area contributed by atoms with E-state index in [0.717, 1.165) is 12.0 Å². The minimum absolute atomic E-state index is 0.357. The van der Waals surface area contributed by atoms with E-state index in [1.807, 2.05) is 0 Å². The Morgan fingerprint density at radius 3 is 2.50 bits per heavy atom. The molecule has 0 amide bonds. The molecular weight excluding hydrogens is 220 g/mol. The minimum Gasteiger partial charge on any atom is -0.311 e. The van der Waals surface area contributed by atoms with Crippen LogP contribution in [0.2, 0.25) is 0 Å². The van der Waals surface area contributed by atoms with Gasteiger partial charge in [0.1, 0.15) is 0 Å². The topological polar surface area (TPSA) is 15.3 Å². The Labute approximate surface area is 114 Å². The molecule has 2 aliphatic rings. The van der Waals surface area contributed by atoms with Crippen LogP contribution < -0.4 is 5.32 Å². The zero-order valence-electron chi connectivity index (χ0n) is 12.7. The largest absolute Gasteiger partial charge is 0.311 e. The van der Waals surface area contributed by atoms with Crippen molar-refractivity contribution in [1.82, 2.24) is 10.2 Å². The summed E-state index contributed by atoms with van der Waals surface area (Å²) in [5.41, 5.74) is 0.357. The lowest BCUT2D eigenvalue weighted by molar-refractivity contribution is 0.0590. The minimum atomic E-state index is 0.357. The molecule has 2 fully saturated rings. The molecule has 1 atom stereocenters. The van der Waals surface area contributed by atoms with Crippen molar-refractivity contribution >= 4 is 0 Å². The van der Waals surface area contributed by atoms with Gasteiger partial charge in [0, 0.05) is 24.7 Å². The van der Waals surface area contributed by atoms with Crippen molar-refractivity contribution in [3.05, 3.63) is 0 Å². The molecule has 2 heteroatoms. The van der Waals surface area contributed by atoms with Crippen molar-refractivity contribution in [3.8, 4) is 0 Å². The first-order valence-corrected chi connectivity index (χ1v) is 8.12. The summed E-state index contributed by atoms with van der Waals surface area (Å²) in [6.07, 6.45) is 9.92. The van der Waals surface area contributed by atoms with Gasteiger partial charge in [-0.3, -0.25) is 4.90 Å². The van der Waals surface area contributed by atoms with Crippen LogP contribution in [0.3, 0.4) is 0 Å². The fourth-order valence-electron chi connectivity index (χ4n) is 3.16. The van der Waals surface area contributed by atoms with Gasteiger partial charge in [0.05, 0.1) is 0 Å². The molecule has 1 unspecified atom stereocenters. The second kappa shape index (κ2) is 6.38. The van der Waals surface area contributed by atoms with Crippen LogP contribution in [0.1, 0.15) is 65.7 Å². The van der Waals surface area contributed by atoms with E-state index < -0.39 is 0 Å². The van der Waals surface area contributed by atoms with Crippen molar-refractivity contribution in [2.45, 2.75) is 77.3 Å². The average molecular weight is 252 g/mol. The third kappa shape index (κ3) is 3.96. The molecule has 2 nitrogen and oxygen atoms in total. The first kappa shape index (κ1) is 14.3. The molecule has 0 aromatic carbocycles. The van der Waals surface area contributed by atoms with Crippen LogP contribution in [0.25, 0.3) is 0 Å². The van der Waals surface area contributed by atoms with Crippen LogP contribution in [0, 0.1) is 5.92 Å². The number of piperazine rings is 1. The Kier molecular flexibility index (Phi) is 5.08. The first-order chi connectivity index (χ1) is 8.63. The van der Waals surface area contributed by atoms with Gasteiger partial charge in [-0.15, -0.1) is 0 Å². The number of hydrogen-bond donors (Lipinski definition) is 1. The van der Waals surface area contributed by atoms with Crippen molar-refractivity contribution in [2.75, 3.05) is 19.6 Å². The maximum absolute atomic E-state index is 3.77. The fraction of sp³-hybridized carbons (Fsp3) is 1.00. The standard InChI is InChI=1S/C16H32N2/c1-4-5-6-7-8-11-18-12-15(14-9-10-14)17-13-16(18,2)3/h14-15,17H,4-13H2,1-3H3. The van der Waals surface area contributed by atoms with E-state index in [1.54, 1.807) is 0 Å². The molecule has 0 spiro atoms. The lowest BCUT2D eigenvalue weighted by Crippen LogP contribution is -2.62. The second-order valence-corrected chi connectivity index (χ2v) is 7.00. The van der Waals surface area contributed by atoms with Gasteiger partial charge in [0.25, 0.3) is 0 Å². The molecule has 106 valence electrons. The molecule has 1 saturated carbocycles. The lowest BCUT2D eigenvalue weighted by Gasteiger charge is -2.46. The normalized spacial score (nSPS) is 28.5. The first-order valence-electron chi connectivity index (χ1n) is 8.12. The summed E-state index contributed by atoms with van der Waals surface area (Å²) >= 11 is 0. The predicted octanol–water partition coefficient (Wildman–Crippen LogP) is 3.42. The highest BCUT2D eigenvalue weighted by atomic mass is 15.3. The van der Waals surface area contributed by atoms with E-state index in [2.05, 4.69) is 31.0 Å². The molecule has 1 heterocycles. The summed E-state index contributed by atoms with van der Waals surface area (Å²) in [6, 6.07) is 0.786. The van der Waals surface area contributed by atoms with Crippen molar-refractivity contribution in [1.29, 1.82) is 0 Å². The lowest BCUT2D eigenvalue weighted by atomic mass is 9.95. The Bertz CT molecular complexity index is 245. The van der Waals surface area contributed by atoms with Crippen LogP contribution in [-0.4, -0.2) is 36.1 Å². The molecule has 18 heavy (non-hydrogen) atoms. The maximum Gasteiger partial charge on any atom is 0.0278 e. The molecule has 0 aromatic rings. The molecule has 1 aliphatic heterocycles. The molecule has 1 N–H and O–H groups in total. The van der Waals surface area contributed by atoms with Gasteiger partial charge in [-0.1, -0.05) is 32.6 Å². The highest BCUT2D eigenvalue weighted by Crippen LogP contribution is 2.35. The number of nitrogens with one attached hydrogen (secondary N) is 1. The Morgan fingerprint density at radius 1 is 1.11 bits per heavy atom. The average Bonchev–Trinajstić information content (AvgIpc) is 3.14. The van der Waals surface area contributed by atoms with E-state index >= 15 is 0 Å². The number of hydrogen-bond acceptors (Lipinski definition) is 2. The van der Waals surface area contributed by atoms with Gasteiger partial charge in [-0.25, -0.2) is 0 Å². The van der Waals surface area contributed by atoms with Crippen LogP contribution in [0.15, 0.2) is 0 Å². The number of unbranched alkanes of at least 4 members (excludes halogenated alkanes) is 4. The molecule has 1 saturated heterocycles. The van der Waals surface area contributed by atoms with E-state index in [9.17, 15) is 0 Å². The summed E-state index contributed by atoms with van der Waals surface area (Å²) < 4.78 is 0. The number of rotatable bonds is 7. The summed E-state index contributed by atoms with van der Waals surface area (Å²) in [4.78, 5) is 2.75. The maximum atomic E-state index is 3.77. The van der Waals surface area contributed by atoms with Gasteiger partial charge < -0.3 is 5.32 Å². The Hall–Kier alpha value is -0.0800. The monoisotopic (exact) mass is 252 g/mol. The summed E-state index contributed by atoms with van der Waals surface area (Å²) in [7, 11) is 0. The van der Waals surface area contributed by atoms with Crippen molar-refractivity contribution in [2.24, 2.45) is 5.92 Å². The van der Waals surface area contributed by atoms with E-state index in [-0.39, 0.29) is 0 Å². The van der Waals surface area contributed by atoms with Gasteiger partial charge >= 0.3 is 0 Å². The highest BCUT2D eigenvalue weighted by Gasteiger charge is 2.39. The van der Waals surface area contributed by atoms with Gasteiger partial charge in [0.2, 0.25) is 0 Å². The molecule has 0 radical (unpaired) electrons. The zero-order valence-corrected chi connectivity index (χ0v) is 12.7. The van der Waals surface area contributed by atoms with Crippen LogP contribution >= 0.6 is 0 Å². The van der Waals surface area contributed by atoms with E-state index in [1.165, 1.54) is 64.6 Å². The van der Waals surface area contributed by atoms with Gasteiger partial charge in [-0.2, -0.15) is 0 Å². The summed E-state index contributed by atoms with van der Waals surface area (Å²) in [5, 5.41) is 3.77. The third-order valence-corrected chi connectivity index (χ3v) is 4.79. The highest BCUT2D eigenvalue weighted by molar-refractivity contribution is 4.98. The van der Waals surface area contributed by atoms with Crippen molar-refractivity contribution in [3.63, 3.8) is 0 Å².